The predicted molar refractivity (Wildman–Crippen MR) is 102 cm³/mol. The van der Waals surface area contributed by atoms with E-state index in [1.807, 2.05) is 18.2 Å². The second-order valence-corrected chi connectivity index (χ2v) is 7.25. The largest absolute Gasteiger partial charge is 0.351 e. The van der Waals surface area contributed by atoms with Crippen LogP contribution in [0.1, 0.15) is 53.7 Å². The SMILES string of the molecule is CCCCNC(=O)c1nc(C(=O)N2CCC3(CC2)OCCO3)n2ccccc12. The van der Waals surface area contributed by atoms with E-state index in [9.17, 15) is 9.59 Å². The van der Waals surface area contributed by atoms with Crippen LogP contribution in [0.15, 0.2) is 24.4 Å². The number of hydrogen-bond acceptors (Lipinski definition) is 5. The molecule has 28 heavy (non-hydrogen) atoms. The van der Waals surface area contributed by atoms with Crippen LogP contribution in [0, 0.1) is 0 Å². The zero-order chi connectivity index (χ0) is 19.6. The van der Waals surface area contributed by atoms with E-state index in [0.29, 0.717) is 51.2 Å². The summed E-state index contributed by atoms with van der Waals surface area (Å²) in [7, 11) is 0. The molecule has 0 bridgehead atoms. The molecule has 2 aliphatic rings. The number of fused-ring (bicyclic) bond motifs is 1. The summed E-state index contributed by atoms with van der Waals surface area (Å²) in [5.41, 5.74) is 0.923. The Labute approximate surface area is 163 Å². The number of nitrogens with one attached hydrogen (secondary N) is 1. The number of unbranched alkanes of at least 4 members (excludes halogenated alkanes) is 1. The van der Waals surface area contributed by atoms with Crippen molar-refractivity contribution < 1.29 is 19.1 Å². The van der Waals surface area contributed by atoms with Crippen molar-refractivity contribution in [1.82, 2.24) is 19.6 Å². The lowest BCUT2D eigenvalue weighted by atomic mass is 10.0. The molecule has 2 fully saturated rings. The first-order valence-corrected chi connectivity index (χ1v) is 9.96. The fourth-order valence-electron chi connectivity index (χ4n) is 3.80. The first kappa shape index (κ1) is 18.9. The van der Waals surface area contributed by atoms with Crippen LogP contribution in [0.4, 0.5) is 0 Å². The van der Waals surface area contributed by atoms with Crippen LogP contribution >= 0.6 is 0 Å². The number of ether oxygens (including phenoxy) is 2. The van der Waals surface area contributed by atoms with Crippen LogP contribution in [-0.4, -0.2) is 64.7 Å². The predicted octanol–water partition coefficient (Wildman–Crippen LogP) is 1.84. The van der Waals surface area contributed by atoms with E-state index >= 15 is 0 Å². The molecule has 2 amide bonds. The Morgan fingerprint density at radius 1 is 1.21 bits per heavy atom. The third-order valence-electron chi connectivity index (χ3n) is 5.40. The molecule has 0 aliphatic carbocycles. The highest BCUT2D eigenvalue weighted by atomic mass is 16.7. The van der Waals surface area contributed by atoms with Crippen molar-refractivity contribution in [2.75, 3.05) is 32.8 Å². The average Bonchev–Trinajstić information content (AvgIpc) is 3.33. The second-order valence-electron chi connectivity index (χ2n) is 7.25. The molecule has 1 N–H and O–H groups in total. The van der Waals surface area contributed by atoms with E-state index in [4.69, 9.17) is 9.47 Å². The lowest BCUT2D eigenvalue weighted by Gasteiger charge is -2.37. The Morgan fingerprint density at radius 2 is 1.96 bits per heavy atom. The summed E-state index contributed by atoms with van der Waals surface area (Å²) < 4.78 is 13.2. The van der Waals surface area contributed by atoms with E-state index in [1.165, 1.54) is 0 Å². The van der Waals surface area contributed by atoms with Gasteiger partial charge in [-0.2, -0.15) is 0 Å². The molecule has 2 aromatic heterocycles. The van der Waals surface area contributed by atoms with Gasteiger partial charge in [0.25, 0.3) is 11.8 Å². The minimum absolute atomic E-state index is 0.179. The molecule has 0 atom stereocenters. The van der Waals surface area contributed by atoms with Gasteiger partial charge in [0.05, 0.1) is 18.7 Å². The molecule has 0 radical (unpaired) electrons. The third kappa shape index (κ3) is 3.49. The summed E-state index contributed by atoms with van der Waals surface area (Å²) in [6.45, 7) is 4.96. The first-order chi connectivity index (χ1) is 13.6. The van der Waals surface area contributed by atoms with Gasteiger partial charge in [0.15, 0.2) is 11.5 Å². The molecule has 0 aromatic carbocycles. The van der Waals surface area contributed by atoms with E-state index in [2.05, 4.69) is 17.2 Å². The van der Waals surface area contributed by atoms with Crippen molar-refractivity contribution in [1.29, 1.82) is 0 Å². The summed E-state index contributed by atoms with van der Waals surface area (Å²) in [4.78, 5) is 31.9. The number of imidazole rings is 1. The van der Waals surface area contributed by atoms with Crippen molar-refractivity contribution in [3.05, 3.63) is 35.9 Å². The molecule has 8 heteroatoms. The lowest BCUT2D eigenvalue weighted by Crippen LogP contribution is -2.47. The molecule has 0 unspecified atom stereocenters. The van der Waals surface area contributed by atoms with Gasteiger partial charge in [0, 0.05) is 38.7 Å². The van der Waals surface area contributed by atoms with Gasteiger partial charge in [-0.25, -0.2) is 4.98 Å². The Balaban J connectivity index is 1.55. The number of carbonyl (C=O) groups is 2. The fraction of sp³-hybridized carbons (Fsp3) is 0.550. The molecule has 2 aliphatic heterocycles. The molecule has 0 saturated carbocycles. The summed E-state index contributed by atoms with van der Waals surface area (Å²) in [5.74, 6) is -0.695. The molecule has 1 spiro atoms. The average molecular weight is 386 g/mol. The quantitative estimate of drug-likeness (QED) is 0.793. The zero-order valence-electron chi connectivity index (χ0n) is 16.1. The van der Waals surface area contributed by atoms with Crippen molar-refractivity contribution in [2.45, 2.75) is 38.4 Å². The Hall–Kier alpha value is -2.45. The van der Waals surface area contributed by atoms with Crippen LogP contribution in [0.5, 0.6) is 0 Å². The zero-order valence-corrected chi connectivity index (χ0v) is 16.1. The van der Waals surface area contributed by atoms with Crippen LogP contribution in [0.3, 0.4) is 0 Å². The molecule has 2 aromatic rings. The molecule has 150 valence electrons. The highest BCUT2D eigenvalue weighted by Crippen LogP contribution is 2.31. The van der Waals surface area contributed by atoms with Gasteiger partial charge < -0.3 is 19.7 Å². The van der Waals surface area contributed by atoms with E-state index in [-0.39, 0.29) is 23.3 Å². The number of hydrogen-bond donors (Lipinski definition) is 1. The third-order valence-corrected chi connectivity index (χ3v) is 5.40. The standard InChI is InChI=1S/C20H26N4O4/c1-2-3-9-21-18(25)16-15-6-4-5-10-24(15)17(22-16)19(26)23-11-7-20(8-12-23)27-13-14-28-20/h4-6,10H,2-3,7-9,11-14H2,1H3,(H,21,25). The number of piperidine rings is 1. The van der Waals surface area contributed by atoms with Crippen LogP contribution in [-0.2, 0) is 9.47 Å². The molecular weight excluding hydrogens is 360 g/mol. The molecule has 4 heterocycles. The van der Waals surface area contributed by atoms with Crippen molar-refractivity contribution in [2.24, 2.45) is 0 Å². The van der Waals surface area contributed by atoms with Gasteiger partial charge in [-0.15, -0.1) is 0 Å². The first-order valence-electron chi connectivity index (χ1n) is 9.96. The maximum Gasteiger partial charge on any atom is 0.290 e. The number of pyridine rings is 1. The Bertz CT molecular complexity index is 862. The van der Waals surface area contributed by atoms with Crippen LogP contribution < -0.4 is 5.32 Å². The van der Waals surface area contributed by atoms with E-state index in [0.717, 1.165) is 12.8 Å². The van der Waals surface area contributed by atoms with Gasteiger partial charge in [0.2, 0.25) is 5.82 Å². The fourth-order valence-corrected chi connectivity index (χ4v) is 3.80. The maximum atomic E-state index is 13.1. The number of amides is 2. The van der Waals surface area contributed by atoms with Crippen LogP contribution in [0.2, 0.25) is 0 Å². The number of likely N-dealkylation sites (tertiary alicyclic amines) is 1. The topological polar surface area (TPSA) is 85.2 Å². The number of rotatable bonds is 5. The summed E-state index contributed by atoms with van der Waals surface area (Å²) >= 11 is 0. The van der Waals surface area contributed by atoms with Gasteiger partial charge in [0.1, 0.15) is 0 Å². The van der Waals surface area contributed by atoms with E-state index in [1.54, 1.807) is 15.5 Å². The second kappa shape index (κ2) is 7.89. The summed E-state index contributed by atoms with van der Waals surface area (Å²) in [6.07, 6.45) is 4.96. The minimum atomic E-state index is -0.532. The smallest absolute Gasteiger partial charge is 0.290 e. The highest BCUT2D eigenvalue weighted by Gasteiger charge is 2.41. The lowest BCUT2D eigenvalue weighted by molar-refractivity contribution is -0.181. The number of carbonyl (C=O) groups excluding carboxylic acids is 2. The van der Waals surface area contributed by atoms with E-state index < -0.39 is 5.79 Å². The maximum absolute atomic E-state index is 13.1. The molecular formula is C20H26N4O4. The Morgan fingerprint density at radius 3 is 2.68 bits per heavy atom. The number of nitrogens with zero attached hydrogens (tertiary/aromatic N) is 3. The molecule has 8 nitrogen and oxygen atoms in total. The monoisotopic (exact) mass is 386 g/mol. The normalized spacial score (nSPS) is 18.7. The number of aromatic nitrogens is 2. The molecule has 4 rings (SSSR count). The van der Waals surface area contributed by atoms with Gasteiger partial charge in [-0.3, -0.25) is 14.0 Å². The Kier molecular flexibility index (Phi) is 5.32. The van der Waals surface area contributed by atoms with Gasteiger partial charge in [-0.1, -0.05) is 19.4 Å². The molecule has 2 saturated heterocycles. The van der Waals surface area contributed by atoms with Gasteiger partial charge >= 0.3 is 0 Å². The van der Waals surface area contributed by atoms with Gasteiger partial charge in [-0.05, 0) is 18.6 Å². The van der Waals surface area contributed by atoms with Crippen molar-refractivity contribution in [3.8, 4) is 0 Å². The van der Waals surface area contributed by atoms with Crippen molar-refractivity contribution >= 4 is 17.3 Å². The summed E-state index contributed by atoms with van der Waals surface area (Å²) in [6, 6.07) is 5.48. The minimum Gasteiger partial charge on any atom is -0.351 e. The van der Waals surface area contributed by atoms with Crippen LogP contribution in [0.25, 0.3) is 5.52 Å². The van der Waals surface area contributed by atoms with Crippen molar-refractivity contribution in [3.63, 3.8) is 0 Å². The highest BCUT2D eigenvalue weighted by molar-refractivity contribution is 6.02. The summed E-state index contributed by atoms with van der Waals surface area (Å²) in [5, 5.41) is 2.88.